The van der Waals surface area contributed by atoms with Gasteiger partial charge in [-0.25, -0.2) is 9.48 Å². The average Bonchev–Trinajstić information content (AvgIpc) is 3.04. The molecule has 0 saturated carbocycles. The van der Waals surface area contributed by atoms with Gasteiger partial charge in [-0.05, 0) is 47.5 Å². The van der Waals surface area contributed by atoms with E-state index in [4.69, 9.17) is 9.47 Å². The number of nitrogens with one attached hydrogen (secondary N) is 1. The highest BCUT2D eigenvalue weighted by atomic mass is 79.9. The Hall–Kier alpha value is -2.55. The zero-order chi connectivity index (χ0) is 18.1. The Bertz CT molecular complexity index is 862. The van der Waals surface area contributed by atoms with Crippen molar-refractivity contribution in [3.8, 4) is 11.5 Å². The monoisotopic (exact) mass is 408 g/mol. The van der Waals surface area contributed by atoms with Gasteiger partial charge < -0.3 is 19.9 Å². The topological polar surface area (TPSA) is 98.5 Å². The second-order valence-electron chi connectivity index (χ2n) is 5.37. The van der Waals surface area contributed by atoms with E-state index in [9.17, 15) is 9.90 Å². The number of halogens is 1. The van der Waals surface area contributed by atoms with Crippen LogP contribution in [-0.2, 0) is 9.53 Å². The number of esters is 1. The van der Waals surface area contributed by atoms with Crippen LogP contribution in [0.5, 0.6) is 11.5 Å². The Kier molecular flexibility index (Phi) is 4.67. The number of aromatic nitrogens is 3. The molecule has 1 aromatic heterocycles. The fraction of sp³-hybridized carbons (Fsp3) is 0.312. The molecule has 0 bridgehead atoms. The number of nitrogens with zero attached hydrogens (tertiary/aromatic N) is 3. The van der Waals surface area contributed by atoms with Gasteiger partial charge in [-0.2, -0.15) is 10.1 Å². The Morgan fingerprint density at radius 2 is 2.24 bits per heavy atom. The van der Waals surface area contributed by atoms with Gasteiger partial charge in [0.2, 0.25) is 5.95 Å². The first-order valence-corrected chi connectivity index (χ1v) is 8.38. The quantitative estimate of drug-likeness (QED) is 0.749. The molecular formula is C16H17BrN4O4. The van der Waals surface area contributed by atoms with Gasteiger partial charge in [-0.1, -0.05) is 0 Å². The molecule has 0 amide bonds. The fourth-order valence-electron chi connectivity index (χ4n) is 2.78. The van der Waals surface area contributed by atoms with Gasteiger partial charge >= 0.3 is 5.97 Å². The van der Waals surface area contributed by atoms with Crippen molar-refractivity contribution in [1.29, 1.82) is 0 Å². The number of fused-ring (bicyclic) bond motifs is 1. The average molecular weight is 409 g/mol. The van der Waals surface area contributed by atoms with Gasteiger partial charge in [-0.15, -0.1) is 0 Å². The highest BCUT2D eigenvalue weighted by molar-refractivity contribution is 9.10. The molecule has 1 aromatic carbocycles. The fourth-order valence-corrected chi connectivity index (χ4v) is 3.24. The van der Waals surface area contributed by atoms with Crippen molar-refractivity contribution < 1.29 is 19.4 Å². The van der Waals surface area contributed by atoms with Crippen LogP contribution >= 0.6 is 15.9 Å². The number of allylic oxidation sites excluding steroid dienone is 1. The highest BCUT2D eigenvalue weighted by Crippen LogP contribution is 2.41. The molecule has 1 atom stereocenters. The van der Waals surface area contributed by atoms with Crippen molar-refractivity contribution in [3.63, 3.8) is 0 Å². The molecule has 2 heterocycles. The number of benzene rings is 1. The van der Waals surface area contributed by atoms with E-state index in [0.29, 0.717) is 27.3 Å². The van der Waals surface area contributed by atoms with Crippen molar-refractivity contribution in [2.45, 2.75) is 19.9 Å². The minimum Gasteiger partial charge on any atom is -0.503 e. The number of carbonyl (C=O) groups is 1. The van der Waals surface area contributed by atoms with Gasteiger partial charge in [0.1, 0.15) is 12.4 Å². The largest absolute Gasteiger partial charge is 0.503 e. The van der Waals surface area contributed by atoms with E-state index >= 15 is 0 Å². The van der Waals surface area contributed by atoms with Crippen LogP contribution in [0.1, 0.15) is 25.5 Å². The predicted molar refractivity (Wildman–Crippen MR) is 93.5 cm³/mol. The zero-order valence-corrected chi connectivity index (χ0v) is 15.5. The van der Waals surface area contributed by atoms with Crippen molar-refractivity contribution in [2.75, 3.05) is 19.0 Å². The van der Waals surface area contributed by atoms with Crippen LogP contribution in [0.2, 0.25) is 0 Å². The summed E-state index contributed by atoms with van der Waals surface area (Å²) in [5, 5.41) is 17.4. The summed E-state index contributed by atoms with van der Waals surface area (Å²) in [7, 11) is 1.46. The first-order chi connectivity index (χ1) is 12.0. The van der Waals surface area contributed by atoms with Crippen LogP contribution in [0, 0.1) is 0 Å². The zero-order valence-electron chi connectivity index (χ0n) is 13.9. The van der Waals surface area contributed by atoms with Crippen molar-refractivity contribution in [2.24, 2.45) is 0 Å². The van der Waals surface area contributed by atoms with Crippen LogP contribution in [0.4, 0.5) is 5.95 Å². The Balaban J connectivity index is 2.20. The Labute approximate surface area is 152 Å². The number of phenolic OH excluding ortho intramolecular Hbond substituents is 1. The maximum absolute atomic E-state index is 12.6. The van der Waals surface area contributed by atoms with E-state index in [1.807, 2.05) is 0 Å². The summed E-state index contributed by atoms with van der Waals surface area (Å²) in [6, 6.07) is 2.81. The van der Waals surface area contributed by atoms with Crippen molar-refractivity contribution >= 4 is 27.8 Å². The summed E-state index contributed by atoms with van der Waals surface area (Å²) in [4.78, 5) is 16.7. The minimum atomic E-state index is -0.566. The number of aromatic hydroxyl groups is 1. The van der Waals surface area contributed by atoms with E-state index in [2.05, 4.69) is 31.3 Å². The van der Waals surface area contributed by atoms with Crippen molar-refractivity contribution in [3.05, 3.63) is 39.8 Å². The summed E-state index contributed by atoms with van der Waals surface area (Å²) in [6.45, 7) is 3.79. The Morgan fingerprint density at radius 1 is 1.48 bits per heavy atom. The van der Waals surface area contributed by atoms with Gasteiger partial charge in [0.15, 0.2) is 11.5 Å². The lowest BCUT2D eigenvalue weighted by molar-refractivity contribution is -0.139. The molecule has 0 fully saturated rings. The summed E-state index contributed by atoms with van der Waals surface area (Å²) in [6.07, 6.45) is 1.41. The van der Waals surface area contributed by atoms with E-state index in [1.54, 1.807) is 30.7 Å². The molecule has 3 rings (SSSR count). The molecule has 9 heteroatoms. The van der Waals surface area contributed by atoms with Crippen molar-refractivity contribution in [1.82, 2.24) is 14.8 Å². The normalized spacial score (nSPS) is 16.2. The lowest BCUT2D eigenvalue weighted by Crippen LogP contribution is -2.29. The summed E-state index contributed by atoms with van der Waals surface area (Å²) < 4.78 is 12.5. The number of phenols is 1. The molecule has 0 aliphatic carbocycles. The lowest BCUT2D eigenvalue weighted by Gasteiger charge is -2.28. The third-order valence-electron chi connectivity index (χ3n) is 3.88. The standard InChI is InChI=1S/C16H17BrN4O4/c1-4-25-15(23)12-8(2)20-16-18-7-19-21(16)13(12)9-5-10(17)14(22)11(6-9)24-3/h5-7,13,22H,4H2,1-3H3,(H,18,19,20). The number of hydrogen-bond donors (Lipinski definition) is 2. The van der Waals surface area contributed by atoms with Gasteiger partial charge in [0.05, 0.1) is 23.8 Å². The number of carbonyl (C=O) groups excluding carboxylic acids is 1. The van der Waals surface area contributed by atoms with E-state index < -0.39 is 12.0 Å². The third kappa shape index (κ3) is 2.95. The van der Waals surface area contributed by atoms with Gasteiger partial charge in [0.25, 0.3) is 0 Å². The molecule has 0 spiro atoms. The predicted octanol–water partition coefficient (Wildman–Crippen LogP) is 2.61. The van der Waals surface area contributed by atoms with E-state index in [-0.39, 0.29) is 18.1 Å². The number of hydrogen-bond acceptors (Lipinski definition) is 7. The van der Waals surface area contributed by atoms with Crippen LogP contribution < -0.4 is 10.1 Å². The molecule has 8 nitrogen and oxygen atoms in total. The summed E-state index contributed by atoms with van der Waals surface area (Å²) >= 11 is 3.31. The maximum Gasteiger partial charge on any atom is 0.338 e. The second-order valence-corrected chi connectivity index (χ2v) is 6.22. The highest BCUT2D eigenvalue weighted by Gasteiger charge is 2.35. The third-order valence-corrected chi connectivity index (χ3v) is 4.48. The smallest absolute Gasteiger partial charge is 0.338 e. The molecule has 2 N–H and O–H groups in total. The number of methoxy groups -OCH3 is 1. The number of ether oxygens (including phenoxy) is 2. The van der Waals surface area contributed by atoms with E-state index in [1.165, 1.54) is 13.4 Å². The van der Waals surface area contributed by atoms with Crippen LogP contribution in [0.3, 0.4) is 0 Å². The maximum atomic E-state index is 12.6. The molecular weight excluding hydrogens is 392 g/mol. The first kappa shape index (κ1) is 17.3. The van der Waals surface area contributed by atoms with E-state index in [0.717, 1.165) is 0 Å². The molecule has 1 aliphatic rings. The molecule has 0 radical (unpaired) electrons. The molecule has 1 aliphatic heterocycles. The van der Waals surface area contributed by atoms with Crippen LogP contribution in [0.15, 0.2) is 34.2 Å². The first-order valence-electron chi connectivity index (χ1n) is 7.58. The Morgan fingerprint density at radius 3 is 2.92 bits per heavy atom. The molecule has 25 heavy (non-hydrogen) atoms. The molecule has 132 valence electrons. The lowest BCUT2D eigenvalue weighted by atomic mass is 9.95. The van der Waals surface area contributed by atoms with Crippen LogP contribution in [0.25, 0.3) is 0 Å². The second kappa shape index (κ2) is 6.75. The summed E-state index contributed by atoms with van der Waals surface area (Å²) in [5.74, 6) is 0.336. The van der Waals surface area contributed by atoms with Gasteiger partial charge in [0, 0.05) is 5.70 Å². The van der Waals surface area contributed by atoms with Gasteiger partial charge in [-0.3, -0.25) is 0 Å². The van der Waals surface area contributed by atoms with Crippen LogP contribution in [-0.4, -0.2) is 39.6 Å². The molecule has 1 unspecified atom stereocenters. The molecule has 2 aromatic rings. The summed E-state index contributed by atoms with van der Waals surface area (Å²) in [5.41, 5.74) is 1.74. The SMILES string of the molecule is CCOC(=O)C1=C(C)Nc2ncnn2C1c1cc(Br)c(O)c(OC)c1. The minimum absolute atomic E-state index is 0.0163. The number of anilines is 1. The molecule has 0 saturated heterocycles. The number of rotatable bonds is 4.